The van der Waals surface area contributed by atoms with Crippen LogP contribution in [0.1, 0.15) is 160 Å². The third-order valence-electron chi connectivity index (χ3n) is 6.83. The molecule has 0 aromatic rings. The number of carbonyl (C=O) groups excluding carboxylic acids is 4. The summed E-state index contributed by atoms with van der Waals surface area (Å²) in [5.41, 5.74) is -2.57. The van der Waals surface area contributed by atoms with Crippen molar-refractivity contribution in [3.8, 4) is 0 Å². The van der Waals surface area contributed by atoms with Gasteiger partial charge in [0.25, 0.3) is 0 Å². The third-order valence-corrected chi connectivity index (χ3v) is 6.83. The Kier molecular flexibility index (Phi) is 30.5. The summed E-state index contributed by atoms with van der Waals surface area (Å²) in [7, 11) is 0. The van der Waals surface area contributed by atoms with E-state index in [2.05, 4.69) is 0 Å². The molecule has 0 fully saturated rings. The van der Waals surface area contributed by atoms with Gasteiger partial charge in [0.15, 0.2) is 0 Å². The van der Waals surface area contributed by atoms with Gasteiger partial charge in [0.1, 0.15) is 0 Å². The molecule has 0 bridgehead atoms. The van der Waals surface area contributed by atoms with Crippen molar-refractivity contribution in [2.45, 2.75) is 160 Å². The van der Waals surface area contributed by atoms with Crippen LogP contribution in [0.2, 0.25) is 0 Å². The maximum absolute atomic E-state index is 10.4. The maximum atomic E-state index is 10.4. The number of hydrogen-bond donors (Lipinski definition) is 0. The fourth-order valence-electron chi connectivity index (χ4n) is 2.88. The molecule has 0 heterocycles. The van der Waals surface area contributed by atoms with E-state index in [1.165, 1.54) is 0 Å². The number of unbranched alkanes of at least 4 members (excludes halogenated alkanes) is 4. The molecule has 0 saturated heterocycles. The average molecular weight is 780 g/mol. The molecule has 0 spiro atoms. The molecule has 8 nitrogen and oxygen atoms in total. The Hall–Kier alpha value is -1.20. The van der Waals surface area contributed by atoms with Gasteiger partial charge in [-0.15, -0.1) is 0 Å². The number of aliphatic carboxylic acids is 4. The van der Waals surface area contributed by atoms with Crippen LogP contribution < -0.4 is 20.4 Å². The number of rotatable bonds is 16. The summed E-state index contributed by atoms with van der Waals surface area (Å²) >= 11 is 0. The molecule has 0 aromatic heterocycles. The molecule has 0 aliphatic rings. The Morgan fingerprint density at radius 1 is 0.390 bits per heavy atom. The smallest absolute Gasteiger partial charge is 0.0470 e. The Balaban J connectivity index is -0.000000139. The van der Waals surface area contributed by atoms with E-state index in [1.807, 2.05) is 27.7 Å². The van der Waals surface area contributed by atoms with Crippen LogP contribution in [0.15, 0.2) is 0 Å². The van der Waals surface area contributed by atoms with Crippen molar-refractivity contribution in [2.75, 3.05) is 0 Å². The molecule has 0 amide bonds. The molecule has 0 atom stereocenters. The van der Waals surface area contributed by atoms with Gasteiger partial charge in [-0.1, -0.05) is 134 Å². The molecular formula is C32H60O8Pb-4. The SMILES string of the molecule is CCCCC(C)(C)C(=O)[O-].CCCCC(C)(C)C(=O)[O-].CCCCC(C)(C)C(=O)[O-].CCCCC(C)(C)C(=O)[O-].[Pb]. The zero-order chi connectivity index (χ0) is 32.8. The molecule has 244 valence electrons. The van der Waals surface area contributed by atoms with Gasteiger partial charge in [-0.3, -0.25) is 0 Å². The van der Waals surface area contributed by atoms with Gasteiger partial charge in [-0.2, -0.15) is 0 Å². The fraction of sp³-hybridized carbons (Fsp3) is 0.875. The van der Waals surface area contributed by atoms with Crippen molar-refractivity contribution in [2.24, 2.45) is 21.7 Å². The second-order valence-corrected chi connectivity index (χ2v) is 13.1. The van der Waals surface area contributed by atoms with Crippen molar-refractivity contribution in [1.82, 2.24) is 0 Å². The topological polar surface area (TPSA) is 161 Å². The van der Waals surface area contributed by atoms with Crippen LogP contribution in [0.3, 0.4) is 0 Å². The van der Waals surface area contributed by atoms with Gasteiger partial charge in [0.05, 0.1) is 0 Å². The van der Waals surface area contributed by atoms with Crippen molar-refractivity contribution in [3.63, 3.8) is 0 Å². The molecule has 41 heavy (non-hydrogen) atoms. The predicted octanol–water partition coefficient (Wildman–Crippen LogP) is 3.43. The maximum Gasteiger partial charge on any atom is 0.0470 e. The number of carboxylic acids is 4. The quantitative estimate of drug-likeness (QED) is 0.216. The van der Waals surface area contributed by atoms with E-state index in [0.29, 0.717) is 25.7 Å². The van der Waals surface area contributed by atoms with Crippen molar-refractivity contribution >= 4 is 51.2 Å². The number of hydrogen-bond acceptors (Lipinski definition) is 8. The summed E-state index contributed by atoms with van der Waals surface area (Å²) in [4.78, 5) is 41.7. The summed E-state index contributed by atoms with van der Waals surface area (Å²) < 4.78 is 0. The van der Waals surface area contributed by atoms with E-state index in [1.54, 1.807) is 55.4 Å². The standard InChI is InChI=1S/4C8H16O2.Pb/c4*1-4-5-6-8(2,3)7(9)10;/h4*4-6H2,1-3H3,(H,9,10);/p-4. The normalized spacial score (nSPS) is 11.2. The first-order valence-corrected chi connectivity index (χ1v) is 14.9. The Labute approximate surface area is 271 Å². The second kappa shape index (κ2) is 25.3. The van der Waals surface area contributed by atoms with Gasteiger partial charge >= 0.3 is 0 Å². The van der Waals surface area contributed by atoms with Crippen LogP contribution >= 0.6 is 0 Å². The first-order valence-electron chi connectivity index (χ1n) is 14.9. The van der Waals surface area contributed by atoms with E-state index in [-0.39, 0.29) is 27.3 Å². The van der Waals surface area contributed by atoms with Crippen LogP contribution in [0.4, 0.5) is 0 Å². The van der Waals surface area contributed by atoms with E-state index in [9.17, 15) is 39.6 Å². The van der Waals surface area contributed by atoms with Crippen molar-refractivity contribution in [1.29, 1.82) is 0 Å². The third kappa shape index (κ3) is 28.7. The number of carbonyl (C=O) groups is 4. The Morgan fingerprint density at radius 3 is 0.585 bits per heavy atom. The van der Waals surface area contributed by atoms with Gasteiger partial charge in [-0.25, -0.2) is 0 Å². The van der Waals surface area contributed by atoms with E-state index in [4.69, 9.17) is 0 Å². The molecule has 0 unspecified atom stereocenters. The van der Waals surface area contributed by atoms with Gasteiger partial charge in [0.2, 0.25) is 0 Å². The second-order valence-electron chi connectivity index (χ2n) is 13.1. The van der Waals surface area contributed by atoms with Crippen molar-refractivity contribution < 1.29 is 39.6 Å². The first-order chi connectivity index (χ1) is 18.0. The summed E-state index contributed by atoms with van der Waals surface area (Å²) in [5, 5.41) is 41.7. The Bertz CT molecular complexity index is 592. The molecule has 0 saturated carbocycles. The average Bonchev–Trinajstić information content (AvgIpc) is 2.84. The molecule has 0 aromatic carbocycles. The molecule has 0 rings (SSSR count). The van der Waals surface area contributed by atoms with E-state index < -0.39 is 45.5 Å². The largest absolute Gasteiger partial charge is 0.550 e. The van der Waals surface area contributed by atoms with E-state index in [0.717, 1.165) is 51.4 Å². The molecule has 9 heteroatoms. The van der Waals surface area contributed by atoms with Crippen LogP contribution in [0.25, 0.3) is 0 Å². The minimum Gasteiger partial charge on any atom is -0.550 e. The van der Waals surface area contributed by atoms with Gasteiger partial charge in [0, 0.05) is 72.8 Å². The zero-order valence-electron chi connectivity index (χ0n) is 28.3. The molecule has 4 radical (unpaired) electrons. The van der Waals surface area contributed by atoms with Crippen molar-refractivity contribution in [3.05, 3.63) is 0 Å². The van der Waals surface area contributed by atoms with Gasteiger partial charge in [-0.05, 0) is 25.7 Å². The summed E-state index contributed by atoms with van der Waals surface area (Å²) in [5.74, 6) is -3.77. The minimum absolute atomic E-state index is 0. The zero-order valence-corrected chi connectivity index (χ0v) is 32.1. The minimum atomic E-state index is -0.944. The molecule has 0 aliphatic heterocycles. The molecule has 0 N–H and O–H groups in total. The van der Waals surface area contributed by atoms with E-state index >= 15 is 0 Å². The van der Waals surface area contributed by atoms with Gasteiger partial charge < -0.3 is 39.6 Å². The first kappa shape index (κ1) is 49.5. The van der Waals surface area contributed by atoms with Crippen LogP contribution in [0.5, 0.6) is 0 Å². The summed E-state index contributed by atoms with van der Waals surface area (Å²) in [6, 6.07) is 0. The Morgan fingerprint density at radius 2 is 0.512 bits per heavy atom. The van der Waals surface area contributed by atoms with Crippen LogP contribution in [-0.4, -0.2) is 51.2 Å². The molecule has 0 aliphatic carbocycles. The number of carboxylic acid groups (broad SMARTS) is 4. The predicted molar refractivity (Wildman–Crippen MR) is 159 cm³/mol. The van der Waals surface area contributed by atoms with Crippen LogP contribution in [-0.2, 0) is 19.2 Å². The summed E-state index contributed by atoms with van der Waals surface area (Å²) in [6.07, 6.45) is 10.8. The monoisotopic (exact) mass is 780 g/mol. The summed E-state index contributed by atoms with van der Waals surface area (Å²) in [6.45, 7) is 21.8. The molecular weight excluding hydrogens is 720 g/mol. The fourth-order valence-corrected chi connectivity index (χ4v) is 2.88. The van der Waals surface area contributed by atoms with Crippen LogP contribution in [0, 0.1) is 21.7 Å².